The summed E-state index contributed by atoms with van der Waals surface area (Å²) in [5.41, 5.74) is 4.69. The Morgan fingerprint density at radius 2 is 1.78 bits per heavy atom. The molecule has 4 nitrogen and oxygen atoms in total. The predicted octanol–water partition coefficient (Wildman–Crippen LogP) is 5.00. The van der Waals surface area contributed by atoms with E-state index in [1.807, 2.05) is 48.5 Å². The van der Waals surface area contributed by atoms with Gasteiger partial charge in [-0.05, 0) is 48.4 Å². The Balaban J connectivity index is 1.50. The van der Waals surface area contributed by atoms with Gasteiger partial charge in [-0.3, -0.25) is 0 Å². The van der Waals surface area contributed by atoms with Gasteiger partial charge < -0.3 is 9.57 Å². The van der Waals surface area contributed by atoms with Crippen LogP contribution in [0.4, 0.5) is 0 Å². The summed E-state index contributed by atoms with van der Waals surface area (Å²) >= 11 is 0. The van der Waals surface area contributed by atoms with E-state index in [9.17, 15) is 0 Å². The third kappa shape index (κ3) is 5.45. The second-order valence-electron chi connectivity index (χ2n) is 6.12. The van der Waals surface area contributed by atoms with Gasteiger partial charge in [-0.1, -0.05) is 53.2 Å². The molecule has 4 heteroatoms. The summed E-state index contributed by atoms with van der Waals surface area (Å²) in [7, 11) is 0. The van der Waals surface area contributed by atoms with E-state index in [-0.39, 0.29) is 6.61 Å². The minimum absolute atomic E-state index is 0.262. The topological polar surface area (TPSA) is 54.6 Å². The van der Waals surface area contributed by atoms with Gasteiger partial charge in [0.15, 0.2) is 0 Å². The zero-order valence-corrected chi connectivity index (χ0v) is 15.1. The maximum Gasteiger partial charge on any atom is 0.143 e. The molecule has 134 valence electrons. The van der Waals surface area contributed by atoms with E-state index in [1.165, 1.54) is 5.56 Å². The lowest BCUT2D eigenvalue weighted by atomic mass is 10.1. The predicted molar refractivity (Wildman–Crippen MR) is 105 cm³/mol. The monoisotopic (exact) mass is 356 g/mol. The number of hydrogen-bond acceptors (Lipinski definition) is 4. The Bertz CT molecular complexity index is 957. The Morgan fingerprint density at radius 1 is 0.963 bits per heavy atom. The Labute approximate surface area is 159 Å². The third-order valence-corrected chi connectivity index (χ3v) is 4.00. The molecule has 0 fully saturated rings. The van der Waals surface area contributed by atoms with Crippen LogP contribution in [0.1, 0.15) is 27.8 Å². The highest BCUT2D eigenvalue weighted by Crippen LogP contribution is 2.14. The summed E-state index contributed by atoms with van der Waals surface area (Å²) in [4.78, 5) is 5.30. The molecule has 0 aliphatic heterocycles. The first kappa shape index (κ1) is 18.2. The summed E-state index contributed by atoms with van der Waals surface area (Å²) < 4.78 is 5.80. The lowest BCUT2D eigenvalue weighted by molar-refractivity contribution is 0.132. The number of hydrogen-bond donors (Lipinski definition) is 0. The number of benzene rings is 3. The molecule has 0 aromatic heterocycles. The van der Waals surface area contributed by atoms with E-state index >= 15 is 0 Å². The lowest BCUT2D eigenvalue weighted by Gasteiger charge is -2.07. The van der Waals surface area contributed by atoms with Gasteiger partial charge in [0.05, 0.1) is 17.8 Å². The molecule has 0 atom stereocenters. The van der Waals surface area contributed by atoms with Crippen molar-refractivity contribution in [2.24, 2.45) is 5.16 Å². The van der Waals surface area contributed by atoms with Crippen molar-refractivity contribution in [3.63, 3.8) is 0 Å². The summed E-state index contributed by atoms with van der Waals surface area (Å²) in [5.74, 6) is 0.803. The number of rotatable bonds is 7. The summed E-state index contributed by atoms with van der Waals surface area (Å²) in [6, 6.07) is 25.4. The Morgan fingerprint density at radius 3 is 2.56 bits per heavy atom. The minimum atomic E-state index is 0.262. The molecule has 0 aliphatic carbocycles. The van der Waals surface area contributed by atoms with E-state index in [0.717, 1.165) is 22.4 Å². The smallest absolute Gasteiger partial charge is 0.143 e. The fourth-order valence-corrected chi connectivity index (χ4v) is 2.58. The maximum absolute atomic E-state index is 9.05. The van der Waals surface area contributed by atoms with Gasteiger partial charge in [-0.15, -0.1) is 0 Å². The largest absolute Gasteiger partial charge is 0.489 e. The highest BCUT2D eigenvalue weighted by molar-refractivity contribution is 5.79. The molecule has 0 radical (unpaired) electrons. The van der Waals surface area contributed by atoms with Crippen LogP contribution in [0.2, 0.25) is 0 Å². The molecule has 0 bridgehead atoms. The van der Waals surface area contributed by atoms with Crippen LogP contribution in [-0.2, 0) is 18.1 Å². The molecule has 0 N–H and O–H groups in total. The number of nitriles is 1. The molecule has 0 unspecified atom stereocenters. The highest BCUT2D eigenvalue weighted by atomic mass is 16.6. The van der Waals surface area contributed by atoms with Crippen LogP contribution in [0.15, 0.2) is 78.0 Å². The number of ether oxygens (including phenoxy) is 1. The fraction of sp³-hybridized carbons (Fsp3) is 0.130. The van der Waals surface area contributed by atoms with Crippen molar-refractivity contribution in [3.05, 3.63) is 101 Å². The number of nitrogens with zero attached hydrogens (tertiary/aromatic N) is 2. The first-order valence-corrected chi connectivity index (χ1v) is 8.66. The van der Waals surface area contributed by atoms with E-state index in [1.54, 1.807) is 12.3 Å². The van der Waals surface area contributed by atoms with Crippen LogP contribution in [0, 0.1) is 18.3 Å². The van der Waals surface area contributed by atoms with Gasteiger partial charge >= 0.3 is 0 Å². The zero-order valence-electron chi connectivity index (χ0n) is 15.1. The van der Waals surface area contributed by atoms with Crippen LogP contribution in [0.5, 0.6) is 5.75 Å². The molecule has 3 aromatic rings. The summed E-state index contributed by atoms with van der Waals surface area (Å²) in [6.45, 7) is 2.87. The zero-order chi connectivity index (χ0) is 18.9. The highest BCUT2D eigenvalue weighted by Gasteiger charge is 2.00. The van der Waals surface area contributed by atoms with Crippen LogP contribution in [0.3, 0.4) is 0 Å². The van der Waals surface area contributed by atoms with Gasteiger partial charge in [-0.2, -0.15) is 5.26 Å². The van der Waals surface area contributed by atoms with Crippen molar-refractivity contribution < 1.29 is 9.57 Å². The third-order valence-electron chi connectivity index (χ3n) is 4.00. The van der Waals surface area contributed by atoms with Crippen LogP contribution in [-0.4, -0.2) is 6.21 Å². The molecule has 0 saturated carbocycles. The molecule has 0 heterocycles. The molecular weight excluding hydrogens is 336 g/mol. The molecule has 0 amide bonds. The van der Waals surface area contributed by atoms with Crippen molar-refractivity contribution in [3.8, 4) is 11.8 Å². The van der Waals surface area contributed by atoms with Crippen molar-refractivity contribution in [1.29, 1.82) is 5.26 Å². The fourth-order valence-electron chi connectivity index (χ4n) is 2.58. The SMILES string of the molecule is Cc1cccc(COc2ccc(/C=N\OCc3ccccc3C#N)cc2)c1. The number of aryl methyl sites for hydroxylation is 1. The molecule has 0 spiro atoms. The molecule has 3 rings (SSSR count). The van der Waals surface area contributed by atoms with Gasteiger partial charge in [0, 0.05) is 5.56 Å². The van der Waals surface area contributed by atoms with Gasteiger partial charge in [0.1, 0.15) is 19.0 Å². The van der Waals surface area contributed by atoms with Crippen molar-refractivity contribution >= 4 is 6.21 Å². The summed E-state index contributed by atoms with van der Waals surface area (Å²) in [6.07, 6.45) is 1.64. The lowest BCUT2D eigenvalue weighted by Crippen LogP contribution is -1.96. The second-order valence-corrected chi connectivity index (χ2v) is 6.12. The molecule has 27 heavy (non-hydrogen) atoms. The average Bonchev–Trinajstić information content (AvgIpc) is 2.71. The first-order valence-electron chi connectivity index (χ1n) is 8.66. The van der Waals surface area contributed by atoms with E-state index < -0.39 is 0 Å². The van der Waals surface area contributed by atoms with Gasteiger partial charge in [0.25, 0.3) is 0 Å². The normalized spacial score (nSPS) is 10.5. The number of oxime groups is 1. The molecule has 0 saturated heterocycles. The van der Waals surface area contributed by atoms with Crippen LogP contribution < -0.4 is 4.74 Å². The molecule has 3 aromatic carbocycles. The standard InChI is InChI=1S/C23H20N2O2/c1-18-5-4-6-20(13-18)16-26-23-11-9-19(10-12-23)15-25-27-17-22-8-3-2-7-21(22)14-24/h2-13,15H,16-17H2,1H3/b25-15-. The van der Waals surface area contributed by atoms with Crippen molar-refractivity contribution in [2.75, 3.05) is 0 Å². The van der Waals surface area contributed by atoms with Crippen LogP contribution >= 0.6 is 0 Å². The second kappa shape index (κ2) is 9.21. The van der Waals surface area contributed by atoms with Gasteiger partial charge in [-0.25, -0.2) is 0 Å². The van der Waals surface area contributed by atoms with Crippen molar-refractivity contribution in [2.45, 2.75) is 20.1 Å². The molecular formula is C23H20N2O2. The maximum atomic E-state index is 9.05. The Hall–Kier alpha value is -3.58. The Kier molecular flexibility index (Phi) is 6.21. The van der Waals surface area contributed by atoms with Crippen molar-refractivity contribution in [1.82, 2.24) is 0 Å². The minimum Gasteiger partial charge on any atom is -0.489 e. The average molecular weight is 356 g/mol. The van der Waals surface area contributed by atoms with E-state index in [4.69, 9.17) is 14.8 Å². The van der Waals surface area contributed by atoms with Crippen LogP contribution in [0.25, 0.3) is 0 Å². The molecule has 0 aliphatic rings. The van der Waals surface area contributed by atoms with E-state index in [2.05, 4.69) is 36.3 Å². The van der Waals surface area contributed by atoms with E-state index in [0.29, 0.717) is 12.2 Å². The van der Waals surface area contributed by atoms with Gasteiger partial charge in [0.2, 0.25) is 0 Å². The quantitative estimate of drug-likeness (QED) is 0.442. The summed E-state index contributed by atoms with van der Waals surface area (Å²) in [5, 5.41) is 13.0. The first-order chi connectivity index (χ1) is 13.2.